The Kier molecular flexibility index (Phi) is 8.50. The molecule has 3 aromatic rings. The van der Waals surface area contributed by atoms with Crippen molar-refractivity contribution in [2.75, 3.05) is 57.7 Å². The van der Waals surface area contributed by atoms with Crippen molar-refractivity contribution in [1.82, 2.24) is 4.90 Å². The summed E-state index contributed by atoms with van der Waals surface area (Å²) in [6.07, 6.45) is 0. The fourth-order valence-corrected chi connectivity index (χ4v) is 4.00. The summed E-state index contributed by atoms with van der Waals surface area (Å²) < 4.78 is 15.5. The fourth-order valence-electron chi connectivity index (χ4n) is 4.00. The van der Waals surface area contributed by atoms with Crippen LogP contribution < -0.4 is 15.4 Å². The van der Waals surface area contributed by atoms with Crippen LogP contribution >= 0.6 is 0 Å². The first-order valence-corrected chi connectivity index (χ1v) is 11.8. The van der Waals surface area contributed by atoms with Crippen molar-refractivity contribution in [2.24, 2.45) is 0 Å². The minimum absolute atomic E-state index is 0.171. The zero-order valence-electron chi connectivity index (χ0n) is 20.8. The molecule has 2 amide bonds. The molecule has 1 fully saturated rings. The zero-order chi connectivity index (χ0) is 26.2. The third kappa shape index (κ3) is 6.72. The maximum absolute atomic E-state index is 12.9. The van der Waals surface area contributed by atoms with E-state index in [0.717, 1.165) is 11.1 Å². The molecule has 0 spiro atoms. The molecule has 0 aromatic heterocycles. The number of ether oxygens (including phenoxy) is 3. The number of hydrogen-bond acceptors (Lipinski definition) is 7. The minimum Gasteiger partial charge on any atom is -0.495 e. The molecule has 0 bridgehead atoms. The molecule has 0 saturated carbocycles. The van der Waals surface area contributed by atoms with Crippen molar-refractivity contribution in [3.8, 4) is 16.9 Å². The lowest BCUT2D eigenvalue weighted by Gasteiger charge is -2.26. The molecule has 3 aromatic carbocycles. The number of methoxy groups -OCH3 is 2. The Balaban J connectivity index is 1.43. The summed E-state index contributed by atoms with van der Waals surface area (Å²) in [5.41, 5.74) is 3.59. The number of nitrogens with zero attached hydrogens (tertiary/aromatic N) is 1. The lowest BCUT2D eigenvalue weighted by Crippen LogP contribution is -2.41. The van der Waals surface area contributed by atoms with Crippen molar-refractivity contribution in [2.45, 2.75) is 0 Å². The molecule has 0 atom stereocenters. The van der Waals surface area contributed by atoms with E-state index in [4.69, 9.17) is 14.2 Å². The Labute approximate surface area is 215 Å². The molecule has 37 heavy (non-hydrogen) atoms. The van der Waals surface area contributed by atoms with Gasteiger partial charge < -0.3 is 24.8 Å². The van der Waals surface area contributed by atoms with Crippen molar-refractivity contribution >= 4 is 29.2 Å². The predicted octanol–water partition coefficient (Wildman–Crippen LogP) is 3.67. The number of benzene rings is 3. The van der Waals surface area contributed by atoms with Gasteiger partial charge >= 0.3 is 5.97 Å². The monoisotopic (exact) mass is 503 g/mol. The zero-order valence-corrected chi connectivity index (χ0v) is 20.8. The van der Waals surface area contributed by atoms with E-state index in [0.29, 0.717) is 54.6 Å². The van der Waals surface area contributed by atoms with Gasteiger partial charge in [0, 0.05) is 24.3 Å². The standard InChI is InChI=1S/C28H29N3O6/c1-35-25-11-10-23(17-24(25)30-26(32)18-31-12-14-37-15-13-31)29-27(33)20-8-6-19(7-9-20)21-4-3-5-22(16-21)28(34)36-2/h3-11,16-17H,12-15,18H2,1-2H3,(H,29,33)(H,30,32). The van der Waals surface area contributed by atoms with Crippen LogP contribution in [0.4, 0.5) is 11.4 Å². The molecule has 4 rings (SSSR count). The van der Waals surface area contributed by atoms with E-state index < -0.39 is 5.97 Å². The first kappa shape index (κ1) is 25.9. The number of rotatable bonds is 8. The van der Waals surface area contributed by atoms with Crippen LogP contribution in [-0.2, 0) is 14.3 Å². The van der Waals surface area contributed by atoms with E-state index >= 15 is 0 Å². The topological polar surface area (TPSA) is 106 Å². The van der Waals surface area contributed by atoms with Gasteiger partial charge in [-0.15, -0.1) is 0 Å². The highest BCUT2D eigenvalue weighted by Gasteiger charge is 2.16. The van der Waals surface area contributed by atoms with Gasteiger partial charge in [-0.3, -0.25) is 14.5 Å². The summed E-state index contributed by atoms with van der Waals surface area (Å²) in [6, 6.07) is 19.2. The molecule has 0 radical (unpaired) electrons. The van der Waals surface area contributed by atoms with Crippen LogP contribution in [0.5, 0.6) is 5.75 Å². The number of nitrogens with one attached hydrogen (secondary N) is 2. The smallest absolute Gasteiger partial charge is 0.337 e. The van der Waals surface area contributed by atoms with E-state index in [2.05, 4.69) is 10.6 Å². The molecular weight excluding hydrogens is 474 g/mol. The highest BCUT2D eigenvalue weighted by Crippen LogP contribution is 2.28. The second kappa shape index (κ2) is 12.2. The molecular formula is C28H29N3O6. The van der Waals surface area contributed by atoms with Gasteiger partial charge in [-0.2, -0.15) is 0 Å². The van der Waals surface area contributed by atoms with Crippen LogP contribution in [0.15, 0.2) is 66.7 Å². The molecule has 1 aliphatic heterocycles. The van der Waals surface area contributed by atoms with E-state index in [1.54, 1.807) is 48.5 Å². The van der Waals surface area contributed by atoms with Crippen LogP contribution in [0.25, 0.3) is 11.1 Å². The Bertz CT molecular complexity index is 1270. The average molecular weight is 504 g/mol. The summed E-state index contributed by atoms with van der Waals surface area (Å²) in [6.45, 7) is 2.88. The molecule has 9 nitrogen and oxygen atoms in total. The van der Waals surface area contributed by atoms with Crippen molar-refractivity contribution in [3.63, 3.8) is 0 Å². The number of carbonyl (C=O) groups is 3. The molecule has 1 saturated heterocycles. The van der Waals surface area contributed by atoms with E-state index in [1.165, 1.54) is 14.2 Å². The summed E-state index contributed by atoms with van der Waals surface area (Å²) >= 11 is 0. The third-order valence-corrected chi connectivity index (χ3v) is 5.97. The Morgan fingerprint density at radius 1 is 0.865 bits per heavy atom. The first-order valence-electron chi connectivity index (χ1n) is 11.8. The molecule has 2 N–H and O–H groups in total. The number of esters is 1. The van der Waals surface area contributed by atoms with Crippen molar-refractivity contribution in [1.29, 1.82) is 0 Å². The summed E-state index contributed by atoms with van der Waals surface area (Å²) in [4.78, 5) is 39.3. The largest absolute Gasteiger partial charge is 0.495 e. The van der Waals surface area contributed by atoms with Crippen LogP contribution in [0.1, 0.15) is 20.7 Å². The summed E-state index contributed by atoms with van der Waals surface area (Å²) in [7, 11) is 2.86. The number of anilines is 2. The molecule has 1 aliphatic rings. The van der Waals surface area contributed by atoms with Gasteiger partial charge in [0.25, 0.3) is 5.91 Å². The SMILES string of the molecule is COC(=O)c1cccc(-c2ccc(C(=O)Nc3ccc(OC)c(NC(=O)CN4CCOCC4)c3)cc2)c1. The first-order chi connectivity index (χ1) is 18.0. The maximum Gasteiger partial charge on any atom is 0.337 e. The summed E-state index contributed by atoms with van der Waals surface area (Å²) in [5, 5.41) is 5.74. The van der Waals surface area contributed by atoms with E-state index in [1.807, 2.05) is 23.1 Å². The van der Waals surface area contributed by atoms with Crippen molar-refractivity contribution in [3.05, 3.63) is 77.9 Å². The van der Waals surface area contributed by atoms with Crippen LogP contribution in [0.2, 0.25) is 0 Å². The van der Waals surface area contributed by atoms with E-state index in [-0.39, 0.29) is 18.4 Å². The second-order valence-electron chi connectivity index (χ2n) is 8.46. The van der Waals surface area contributed by atoms with Crippen LogP contribution in [-0.4, -0.2) is 69.8 Å². The van der Waals surface area contributed by atoms with Crippen molar-refractivity contribution < 1.29 is 28.6 Å². The molecule has 9 heteroatoms. The van der Waals surface area contributed by atoms with Gasteiger partial charge in [-0.25, -0.2) is 4.79 Å². The van der Waals surface area contributed by atoms with E-state index in [9.17, 15) is 14.4 Å². The Hall–Kier alpha value is -4.21. The number of morpholine rings is 1. The average Bonchev–Trinajstić information content (AvgIpc) is 2.93. The normalized spacial score (nSPS) is 13.5. The lowest BCUT2D eigenvalue weighted by atomic mass is 10.0. The van der Waals surface area contributed by atoms with Gasteiger partial charge in [0.15, 0.2) is 0 Å². The fraction of sp³-hybridized carbons (Fsp3) is 0.250. The van der Waals surface area contributed by atoms with Crippen LogP contribution in [0.3, 0.4) is 0 Å². The van der Waals surface area contributed by atoms with Gasteiger partial charge in [0.1, 0.15) is 5.75 Å². The maximum atomic E-state index is 12.9. The minimum atomic E-state index is -0.408. The van der Waals surface area contributed by atoms with Gasteiger partial charge in [-0.05, 0) is 53.6 Å². The van der Waals surface area contributed by atoms with Gasteiger partial charge in [0.2, 0.25) is 5.91 Å². The second-order valence-corrected chi connectivity index (χ2v) is 8.46. The lowest BCUT2D eigenvalue weighted by molar-refractivity contribution is -0.118. The number of carbonyl (C=O) groups excluding carboxylic acids is 3. The third-order valence-electron chi connectivity index (χ3n) is 5.97. The highest BCUT2D eigenvalue weighted by molar-refractivity contribution is 6.05. The quantitative estimate of drug-likeness (QED) is 0.452. The highest BCUT2D eigenvalue weighted by atomic mass is 16.5. The summed E-state index contributed by atoms with van der Waals surface area (Å²) in [5.74, 6) is -0.387. The number of hydrogen-bond donors (Lipinski definition) is 2. The molecule has 0 aliphatic carbocycles. The molecule has 1 heterocycles. The van der Waals surface area contributed by atoms with Crippen LogP contribution in [0, 0.1) is 0 Å². The Morgan fingerprint density at radius 2 is 1.62 bits per heavy atom. The Morgan fingerprint density at radius 3 is 2.32 bits per heavy atom. The van der Waals surface area contributed by atoms with Gasteiger partial charge in [0.05, 0.1) is 45.2 Å². The molecule has 0 unspecified atom stereocenters. The predicted molar refractivity (Wildman–Crippen MR) is 140 cm³/mol. The van der Waals surface area contributed by atoms with Gasteiger partial charge in [-0.1, -0.05) is 24.3 Å². The number of amides is 2. The molecule has 192 valence electrons.